The first-order valence-electron chi connectivity index (χ1n) is 8.07. The highest BCUT2D eigenvalue weighted by atomic mass is 32.2. The van der Waals surface area contributed by atoms with Crippen molar-refractivity contribution in [3.8, 4) is 0 Å². The van der Waals surface area contributed by atoms with Gasteiger partial charge in [-0.15, -0.1) is 11.8 Å². The molecule has 1 heterocycles. The minimum Gasteiger partial charge on any atom is -0.311 e. The summed E-state index contributed by atoms with van der Waals surface area (Å²) in [4.78, 5) is 15.9. The SMILES string of the molecule is Cc1cc(C)c(C)c(SCC(=O)N2CCc3ccccc32)c1C. The van der Waals surface area contributed by atoms with Gasteiger partial charge in [0.2, 0.25) is 5.91 Å². The molecule has 0 fully saturated rings. The van der Waals surface area contributed by atoms with Gasteiger partial charge in [-0.05, 0) is 68.0 Å². The van der Waals surface area contributed by atoms with Crippen LogP contribution in [0.2, 0.25) is 0 Å². The fourth-order valence-corrected chi connectivity index (χ4v) is 4.38. The quantitative estimate of drug-likeness (QED) is 0.769. The molecule has 1 aliphatic rings. The van der Waals surface area contributed by atoms with Gasteiger partial charge in [-0.3, -0.25) is 4.79 Å². The Hall–Kier alpha value is -1.74. The standard InChI is InChI=1S/C20H23NOS/c1-13-11-14(2)16(4)20(15(13)3)23-12-19(22)21-10-9-17-7-5-6-8-18(17)21/h5-8,11H,9-10,12H2,1-4H3. The van der Waals surface area contributed by atoms with Crippen LogP contribution in [-0.4, -0.2) is 18.2 Å². The van der Waals surface area contributed by atoms with Gasteiger partial charge >= 0.3 is 0 Å². The highest BCUT2D eigenvalue weighted by molar-refractivity contribution is 8.00. The molecule has 3 heteroatoms. The van der Waals surface area contributed by atoms with Crippen LogP contribution < -0.4 is 4.90 Å². The average Bonchev–Trinajstić information content (AvgIpc) is 2.97. The Morgan fingerprint density at radius 2 is 1.74 bits per heavy atom. The van der Waals surface area contributed by atoms with Crippen LogP contribution in [0.25, 0.3) is 0 Å². The maximum absolute atomic E-state index is 12.7. The molecule has 0 saturated heterocycles. The van der Waals surface area contributed by atoms with Gasteiger partial charge in [0.1, 0.15) is 0 Å². The first-order valence-corrected chi connectivity index (χ1v) is 9.06. The second-order valence-corrected chi connectivity index (χ2v) is 7.29. The van der Waals surface area contributed by atoms with Crippen LogP contribution in [0, 0.1) is 27.7 Å². The molecule has 1 aliphatic heterocycles. The molecule has 0 aromatic heterocycles. The van der Waals surface area contributed by atoms with Crippen LogP contribution in [0.3, 0.4) is 0 Å². The number of hydrogen-bond donors (Lipinski definition) is 0. The number of anilines is 1. The minimum atomic E-state index is 0.206. The summed E-state index contributed by atoms with van der Waals surface area (Å²) in [7, 11) is 0. The molecule has 0 atom stereocenters. The summed E-state index contributed by atoms with van der Waals surface area (Å²) in [5, 5.41) is 0. The lowest BCUT2D eigenvalue weighted by atomic mass is 10.0. The molecule has 3 rings (SSSR count). The average molecular weight is 325 g/mol. The molecule has 0 radical (unpaired) electrons. The van der Waals surface area contributed by atoms with Gasteiger partial charge in [0, 0.05) is 17.1 Å². The van der Waals surface area contributed by atoms with Crippen molar-refractivity contribution in [1.29, 1.82) is 0 Å². The van der Waals surface area contributed by atoms with Gasteiger partial charge in [0.15, 0.2) is 0 Å². The maximum Gasteiger partial charge on any atom is 0.237 e. The zero-order chi connectivity index (χ0) is 16.6. The van der Waals surface area contributed by atoms with Gasteiger partial charge in [-0.1, -0.05) is 24.3 Å². The Kier molecular flexibility index (Phi) is 4.49. The molecule has 2 aromatic carbocycles. The molecule has 0 spiro atoms. The summed E-state index contributed by atoms with van der Waals surface area (Å²) in [6.45, 7) is 9.40. The summed E-state index contributed by atoms with van der Waals surface area (Å²) >= 11 is 1.68. The van der Waals surface area contributed by atoms with E-state index in [1.807, 2.05) is 17.0 Å². The van der Waals surface area contributed by atoms with Crippen molar-refractivity contribution in [2.24, 2.45) is 0 Å². The zero-order valence-electron chi connectivity index (χ0n) is 14.3. The maximum atomic E-state index is 12.7. The normalized spacial score (nSPS) is 13.3. The minimum absolute atomic E-state index is 0.206. The third-order valence-electron chi connectivity index (χ3n) is 4.83. The molecular formula is C20H23NOS. The summed E-state index contributed by atoms with van der Waals surface area (Å²) in [6, 6.07) is 10.5. The van der Waals surface area contributed by atoms with E-state index < -0.39 is 0 Å². The number of para-hydroxylation sites is 1. The summed E-state index contributed by atoms with van der Waals surface area (Å²) in [6.07, 6.45) is 0.966. The number of fused-ring (bicyclic) bond motifs is 1. The van der Waals surface area contributed by atoms with E-state index in [0.717, 1.165) is 18.7 Å². The number of rotatable bonds is 3. The molecular weight excluding hydrogens is 302 g/mol. The Morgan fingerprint density at radius 3 is 2.43 bits per heavy atom. The van der Waals surface area contributed by atoms with E-state index >= 15 is 0 Å². The Balaban J connectivity index is 1.76. The van der Waals surface area contributed by atoms with Gasteiger partial charge < -0.3 is 4.90 Å². The number of thioether (sulfide) groups is 1. The molecule has 2 nitrogen and oxygen atoms in total. The molecule has 0 N–H and O–H groups in total. The third kappa shape index (κ3) is 3.02. The van der Waals surface area contributed by atoms with E-state index in [0.29, 0.717) is 5.75 Å². The topological polar surface area (TPSA) is 20.3 Å². The number of benzene rings is 2. The van der Waals surface area contributed by atoms with Crippen molar-refractivity contribution in [3.05, 3.63) is 58.1 Å². The van der Waals surface area contributed by atoms with Crippen LogP contribution in [0.1, 0.15) is 27.8 Å². The molecule has 23 heavy (non-hydrogen) atoms. The van der Waals surface area contributed by atoms with Gasteiger partial charge in [0.25, 0.3) is 0 Å². The van der Waals surface area contributed by atoms with Crippen molar-refractivity contribution in [1.82, 2.24) is 0 Å². The third-order valence-corrected chi connectivity index (χ3v) is 6.12. The van der Waals surface area contributed by atoms with E-state index in [4.69, 9.17) is 0 Å². The van der Waals surface area contributed by atoms with E-state index in [9.17, 15) is 4.79 Å². The molecule has 0 unspecified atom stereocenters. The Labute approximate surface area is 142 Å². The van der Waals surface area contributed by atoms with E-state index in [1.165, 1.54) is 32.7 Å². The summed E-state index contributed by atoms with van der Waals surface area (Å²) < 4.78 is 0. The lowest BCUT2D eigenvalue weighted by molar-refractivity contribution is -0.116. The van der Waals surface area contributed by atoms with Crippen LogP contribution in [0.5, 0.6) is 0 Å². The molecule has 120 valence electrons. The summed E-state index contributed by atoms with van der Waals surface area (Å²) in [5.41, 5.74) is 7.57. The second kappa shape index (κ2) is 6.40. The largest absolute Gasteiger partial charge is 0.311 e. The number of hydrogen-bond acceptors (Lipinski definition) is 2. The fourth-order valence-electron chi connectivity index (χ4n) is 3.21. The van der Waals surface area contributed by atoms with Crippen LogP contribution in [0.15, 0.2) is 35.2 Å². The van der Waals surface area contributed by atoms with Crippen molar-refractivity contribution >= 4 is 23.4 Å². The Bertz CT molecular complexity index is 740. The van der Waals surface area contributed by atoms with E-state index in [-0.39, 0.29) is 5.91 Å². The molecule has 2 aromatic rings. The highest BCUT2D eigenvalue weighted by Crippen LogP contribution is 2.33. The molecule has 0 saturated carbocycles. The van der Waals surface area contributed by atoms with Crippen LogP contribution in [0.4, 0.5) is 5.69 Å². The lowest BCUT2D eigenvalue weighted by Gasteiger charge is -2.19. The predicted octanol–water partition coefficient (Wildman–Crippen LogP) is 4.60. The molecule has 0 bridgehead atoms. The fraction of sp³-hybridized carbons (Fsp3) is 0.350. The Morgan fingerprint density at radius 1 is 1.09 bits per heavy atom. The van der Waals surface area contributed by atoms with Crippen LogP contribution in [-0.2, 0) is 11.2 Å². The monoisotopic (exact) mass is 325 g/mol. The number of nitrogens with zero attached hydrogens (tertiary/aromatic N) is 1. The number of amides is 1. The lowest BCUT2D eigenvalue weighted by Crippen LogP contribution is -2.30. The predicted molar refractivity (Wildman–Crippen MR) is 98.6 cm³/mol. The molecule has 1 amide bonds. The van der Waals surface area contributed by atoms with Crippen molar-refractivity contribution in [2.45, 2.75) is 39.0 Å². The van der Waals surface area contributed by atoms with Crippen molar-refractivity contribution < 1.29 is 4.79 Å². The number of carbonyl (C=O) groups excluding carboxylic acids is 1. The van der Waals surface area contributed by atoms with Crippen LogP contribution >= 0.6 is 11.8 Å². The second-order valence-electron chi connectivity index (χ2n) is 6.30. The highest BCUT2D eigenvalue weighted by Gasteiger charge is 2.24. The van der Waals surface area contributed by atoms with E-state index in [1.54, 1.807) is 11.8 Å². The molecule has 0 aliphatic carbocycles. The zero-order valence-corrected chi connectivity index (χ0v) is 15.1. The van der Waals surface area contributed by atoms with Gasteiger partial charge in [-0.2, -0.15) is 0 Å². The van der Waals surface area contributed by atoms with E-state index in [2.05, 4.69) is 45.9 Å². The summed E-state index contributed by atoms with van der Waals surface area (Å²) in [5.74, 6) is 0.705. The van der Waals surface area contributed by atoms with Crippen molar-refractivity contribution in [3.63, 3.8) is 0 Å². The smallest absolute Gasteiger partial charge is 0.237 e. The number of aryl methyl sites for hydroxylation is 2. The first kappa shape index (κ1) is 16.1. The first-order chi connectivity index (χ1) is 11.0. The number of carbonyl (C=O) groups is 1. The van der Waals surface area contributed by atoms with Gasteiger partial charge in [0.05, 0.1) is 5.75 Å². The van der Waals surface area contributed by atoms with Crippen molar-refractivity contribution in [2.75, 3.05) is 17.2 Å². The van der Waals surface area contributed by atoms with Gasteiger partial charge in [-0.25, -0.2) is 0 Å².